The molecule has 0 aliphatic carbocycles. The summed E-state index contributed by atoms with van der Waals surface area (Å²) in [7, 11) is 0. The van der Waals surface area contributed by atoms with Gasteiger partial charge in [-0.05, 0) is 29.7 Å². The number of rotatable bonds is 4. The maximum atomic E-state index is 8.97. The van der Waals surface area contributed by atoms with Gasteiger partial charge < -0.3 is 26.2 Å². The summed E-state index contributed by atoms with van der Waals surface area (Å²) in [6.07, 6.45) is -2.97. The van der Waals surface area contributed by atoms with Crippen LogP contribution in [0.2, 0.25) is 0 Å². The van der Waals surface area contributed by atoms with E-state index in [1.807, 2.05) is 6.92 Å². The number of aryl methyl sites for hydroxylation is 1. The van der Waals surface area contributed by atoms with Crippen molar-refractivity contribution in [3.8, 4) is 0 Å². The lowest BCUT2D eigenvalue weighted by atomic mass is 9.95. The van der Waals surface area contributed by atoms with Gasteiger partial charge in [-0.3, -0.25) is 0 Å². The van der Waals surface area contributed by atoms with Crippen molar-refractivity contribution in [3.05, 3.63) is 28.8 Å². The molecule has 0 heterocycles. The quantitative estimate of drug-likeness (QED) is 0.345. The molecule has 1 rings (SSSR count). The molecular weight excluding hydrogens is 210 g/mol. The SMILES string of the molecule is Cc1ccc(N)c(CC(O)O)c1CC(O)O. The second-order valence-corrected chi connectivity index (χ2v) is 3.80. The van der Waals surface area contributed by atoms with Crippen LogP contribution in [0.4, 0.5) is 5.69 Å². The Balaban J connectivity index is 3.14. The summed E-state index contributed by atoms with van der Waals surface area (Å²) in [5.74, 6) is 0. The van der Waals surface area contributed by atoms with Crippen molar-refractivity contribution in [3.63, 3.8) is 0 Å². The molecule has 0 amide bonds. The summed E-state index contributed by atoms with van der Waals surface area (Å²) in [6.45, 7) is 1.81. The average molecular weight is 227 g/mol. The lowest BCUT2D eigenvalue weighted by Crippen LogP contribution is -2.17. The van der Waals surface area contributed by atoms with E-state index in [9.17, 15) is 0 Å². The normalized spacial score (nSPS) is 11.4. The van der Waals surface area contributed by atoms with Gasteiger partial charge in [-0.2, -0.15) is 0 Å². The molecule has 0 spiro atoms. The highest BCUT2D eigenvalue weighted by molar-refractivity contribution is 5.54. The Bertz CT molecular complexity index is 328. The van der Waals surface area contributed by atoms with Gasteiger partial charge in [0.25, 0.3) is 0 Å². The summed E-state index contributed by atoms with van der Waals surface area (Å²) in [5, 5.41) is 35.8. The Morgan fingerprint density at radius 1 is 1.00 bits per heavy atom. The van der Waals surface area contributed by atoms with Crippen molar-refractivity contribution in [2.24, 2.45) is 0 Å². The van der Waals surface area contributed by atoms with E-state index in [-0.39, 0.29) is 12.8 Å². The molecule has 0 atom stereocenters. The standard InChI is InChI=1S/C11H17NO4/c1-6-2-3-9(12)8(5-11(15)16)7(6)4-10(13)14/h2-3,10-11,13-16H,4-5,12H2,1H3. The van der Waals surface area contributed by atoms with E-state index in [4.69, 9.17) is 26.2 Å². The molecule has 1 aromatic rings. The van der Waals surface area contributed by atoms with E-state index < -0.39 is 12.6 Å². The lowest BCUT2D eigenvalue weighted by Gasteiger charge is -2.16. The fourth-order valence-corrected chi connectivity index (χ4v) is 1.72. The van der Waals surface area contributed by atoms with Crippen LogP contribution in [0.25, 0.3) is 0 Å². The average Bonchev–Trinajstić information content (AvgIpc) is 2.16. The minimum Gasteiger partial charge on any atom is -0.398 e. The Morgan fingerprint density at radius 3 is 2.00 bits per heavy atom. The summed E-state index contributed by atoms with van der Waals surface area (Å²) < 4.78 is 0. The number of nitrogens with two attached hydrogens (primary N) is 1. The van der Waals surface area contributed by atoms with Crippen molar-refractivity contribution < 1.29 is 20.4 Å². The zero-order valence-corrected chi connectivity index (χ0v) is 9.09. The number of aliphatic hydroxyl groups is 4. The number of benzene rings is 1. The Hall–Kier alpha value is -1.14. The van der Waals surface area contributed by atoms with Gasteiger partial charge in [-0.15, -0.1) is 0 Å². The number of anilines is 1. The number of nitrogen functional groups attached to an aromatic ring is 1. The maximum Gasteiger partial charge on any atom is 0.155 e. The van der Waals surface area contributed by atoms with E-state index in [2.05, 4.69) is 0 Å². The third kappa shape index (κ3) is 3.18. The molecule has 0 fully saturated rings. The molecule has 1 aromatic carbocycles. The maximum absolute atomic E-state index is 8.97. The van der Waals surface area contributed by atoms with Crippen LogP contribution in [0, 0.1) is 6.92 Å². The number of hydrogen-bond acceptors (Lipinski definition) is 5. The lowest BCUT2D eigenvalue weighted by molar-refractivity contribution is -0.0430. The second-order valence-electron chi connectivity index (χ2n) is 3.80. The van der Waals surface area contributed by atoms with Gasteiger partial charge in [0.15, 0.2) is 12.6 Å². The van der Waals surface area contributed by atoms with Crippen LogP contribution in [0.5, 0.6) is 0 Å². The molecule has 0 aliphatic rings. The second kappa shape index (κ2) is 5.27. The fraction of sp³-hybridized carbons (Fsp3) is 0.455. The van der Waals surface area contributed by atoms with Crippen LogP contribution in [0.1, 0.15) is 16.7 Å². The van der Waals surface area contributed by atoms with Crippen molar-refractivity contribution in [2.45, 2.75) is 32.3 Å². The molecule has 0 unspecified atom stereocenters. The monoisotopic (exact) mass is 227 g/mol. The van der Waals surface area contributed by atoms with Crippen molar-refractivity contribution in [2.75, 3.05) is 5.73 Å². The van der Waals surface area contributed by atoms with Gasteiger partial charge in [-0.25, -0.2) is 0 Å². The minimum atomic E-state index is -1.50. The third-order valence-corrected chi connectivity index (χ3v) is 2.48. The van der Waals surface area contributed by atoms with Crippen molar-refractivity contribution >= 4 is 5.69 Å². The van der Waals surface area contributed by atoms with Crippen molar-refractivity contribution in [1.82, 2.24) is 0 Å². The van der Waals surface area contributed by atoms with E-state index in [0.717, 1.165) is 5.56 Å². The van der Waals surface area contributed by atoms with Gasteiger partial charge in [-0.1, -0.05) is 6.07 Å². The highest BCUT2D eigenvalue weighted by Crippen LogP contribution is 2.23. The van der Waals surface area contributed by atoms with Crippen LogP contribution in [0.3, 0.4) is 0 Å². The van der Waals surface area contributed by atoms with Gasteiger partial charge in [0, 0.05) is 18.5 Å². The van der Waals surface area contributed by atoms with Gasteiger partial charge in [0.1, 0.15) is 0 Å². The molecule has 0 radical (unpaired) electrons. The van der Waals surface area contributed by atoms with E-state index in [1.165, 1.54) is 0 Å². The van der Waals surface area contributed by atoms with E-state index in [1.54, 1.807) is 12.1 Å². The molecular formula is C11H17NO4. The summed E-state index contributed by atoms with van der Waals surface area (Å²) in [5.41, 5.74) is 8.21. The van der Waals surface area contributed by atoms with Crippen LogP contribution >= 0.6 is 0 Å². The Kier molecular flexibility index (Phi) is 4.26. The van der Waals surface area contributed by atoms with E-state index in [0.29, 0.717) is 16.8 Å². The van der Waals surface area contributed by atoms with Gasteiger partial charge in [0.2, 0.25) is 0 Å². The first-order valence-corrected chi connectivity index (χ1v) is 5.01. The van der Waals surface area contributed by atoms with Crippen LogP contribution < -0.4 is 5.73 Å². The molecule has 0 aromatic heterocycles. The minimum absolute atomic E-state index is 0.0183. The summed E-state index contributed by atoms with van der Waals surface area (Å²) in [4.78, 5) is 0. The molecule has 16 heavy (non-hydrogen) atoms. The highest BCUT2D eigenvalue weighted by atomic mass is 16.5. The Labute approximate surface area is 93.8 Å². The molecule has 0 saturated heterocycles. The molecule has 5 nitrogen and oxygen atoms in total. The number of aliphatic hydroxyl groups excluding tert-OH is 2. The first-order chi connectivity index (χ1) is 7.41. The van der Waals surface area contributed by atoms with E-state index >= 15 is 0 Å². The molecule has 6 N–H and O–H groups in total. The first kappa shape index (κ1) is 12.9. The number of hydrogen-bond donors (Lipinski definition) is 5. The van der Waals surface area contributed by atoms with Gasteiger partial charge in [0.05, 0.1) is 0 Å². The molecule has 90 valence electrons. The zero-order chi connectivity index (χ0) is 12.3. The molecule has 0 saturated carbocycles. The third-order valence-electron chi connectivity index (χ3n) is 2.48. The summed E-state index contributed by atoms with van der Waals surface area (Å²) >= 11 is 0. The van der Waals surface area contributed by atoms with Crippen LogP contribution in [0.15, 0.2) is 12.1 Å². The van der Waals surface area contributed by atoms with Crippen LogP contribution in [-0.2, 0) is 12.8 Å². The largest absolute Gasteiger partial charge is 0.398 e. The highest BCUT2D eigenvalue weighted by Gasteiger charge is 2.14. The van der Waals surface area contributed by atoms with Gasteiger partial charge >= 0.3 is 0 Å². The molecule has 0 aliphatic heterocycles. The summed E-state index contributed by atoms with van der Waals surface area (Å²) in [6, 6.07) is 3.43. The predicted octanol–water partition coefficient (Wildman–Crippen LogP) is -0.716. The predicted molar refractivity (Wildman–Crippen MR) is 59.5 cm³/mol. The Morgan fingerprint density at radius 2 is 1.50 bits per heavy atom. The van der Waals surface area contributed by atoms with Crippen molar-refractivity contribution in [1.29, 1.82) is 0 Å². The topological polar surface area (TPSA) is 107 Å². The fourth-order valence-electron chi connectivity index (χ4n) is 1.72. The smallest absolute Gasteiger partial charge is 0.155 e. The van der Waals surface area contributed by atoms with Crippen LogP contribution in [-0.4, -0.2) is 33.0 Å². The molecule has 0 bridgehead atoms. The first-order valence-electron chi connectivity index (χ1n) is 5.01. The zero-order valence-electron chi connectivity index (χ0n) is 9.09. The molecule has 5 heteroatoms.